The highest BCUT2D eigenvalue weighted by Crippen LogP contribution is 2.26. The maximum atomic E-state index is 12.9. The van der Waals surface area contributed by atoms with Gasteiger partial charge in [-0.15, -0.1) is 0 Å². The second kappa shape index (κ2) is 11.1. The molecule has 0 heterocycles. The lowest BCUT2D eigenvalue weighted by Crippen LogP contribution is -2.46. The molecular formula is C22H27NO7. The van der Waals surface area contributed by atoms with Crippen molar-refractivity contribution in [3.63, 3.8) is 0 Å². The summed E-state index contributed by atoms with van der Waals surface area (Å²) in [7, 11) is 0. The van der Waals surface area contributed by atoms with Crippen molar-refractivity contribution in [2.24, 2.45) is 5.92 Å². The van der Waals surface area contributed by atoms with Crippen molar-refractivity contribution in [2.75, 3.05) is 13.2 Å². The quantitative estimate of drug-likeness (QED) is 0.371. The molecule has 0 saturated carbocycles. The molecule has 0 spiro atoms. The fourth-order valence-electron chi connectivity index (χ4n) is 3.07. The van der Waals surface area contributed by atoms with Gasteiger partial charge in [0.15, 0.2) is 0 Å². The number of benzene rings is 2. The molecule has 8 nitrogen and oxygen atoms in total. The van der Waals surface area contributed by atoms with E-state index < -0.39 is 23.8 Å². The largest absolute Gasteiger partial charge is 0.508 e. The Bertz CT molecular complexity index is 851. The van der Waals surface area contributed by atoms with Crippen LogP contribution in [0.5, 0.6) is 17.2 Å². The van der Waals surface area contributed by atoms with Crippen molar-refractivity contribution in [3.05, 3.63) is 53.6 Å². The van der Waals surface area contributed by atoms with Gasteiger partial charge in [-0.05, 0) is 49.1 Å². The number of aliphatic hydroxyl groups excluding tert-OH is 1. The van der Waals surface area contributed by atoms with E-state index in [1.807, 2.05) is 0 Å². The maximum Gasteiger partial charge on any atom is 0.328 e. The first-order valence-electron chi connectivity index (χ1n) is 9.70. The van der Waals surface area contributed by atoms with Crippen LogP contribution in [0, 0.1) is 5.92 Å². The molecule has 0 aliphatic carbocycles. The summed E-state index contributed by atoms with van der Waals surface area (Å²) in [5, 5.41) is 40.9. The lowest BCUT2D eigenvalue weighted by atomic mass is 9.94. The van der Waals surface area contributed by atoms with Crippen LogP contribution in [0.4, 0.5) is 0 Å². The number of nitrogens with one attached hydrogen (secondary N) is 1. The van der Waals surface area contributed by atoms with Gasteiger partial charge in [-0.1, -0.05) is 18.2 Å². The average molecular weight is 417 g/mol. The first-order chi connectivity index (χ1) is 14.3. The molecule has 2 rings (SSSR count). The Morgan fingerprint density at radius 2 is 1.67 bits per heavy atom. The number of ether oxygens (including phenoxy) is 1. The Hall–Kier alpha value is -3.26. The van der Waals surface area contributed by atoms with E-state index in [0.29, 0.717) is 5.56 Å². The summed E-state index contributed by atoms with van der Waals surface area (Å²) < 4.78 is 5.07. The summed E-state index contributed by atoms with van der Waals surface area (Å²) >= 11 is 0. The molecule has 162 valence electrons. The lowest BCUT2D eigenvalue weighted by Gasteiger charge is -2.22. The van der Waals surface area contributed by atoms with E-state index in [0.717, 1.165) is 5.56 Å². The SMILES string of the molecule is CCOC(=O)[C@H](Cc1ccc(O)cc1)NC(=O)C(CCO)Cc1ccc(O)cc1O. The normalized spacial score (nSPS) is 12.7. The van der Waals surface area contributed by atoms with E-state index in [9.17, 15) is 30.0 Å². The van der Waals surface area contributed by atoms with Gasteiger partial charge in [0.2, 0.25) is 5.91 Å². The minimum Gasteiger partial charge on any atom is -0.508 e. The zero-order chi connectivity index (χ0) is 22.1. The number of esters is 1. The third-order valence-electron chi connectivity index (χ3n) is 4.65. The van der Waals surface area contributed by atoms with Gasteiger partial charge >= 0.3 is 5.97 Å². The minimum atomic E-state index is -0.948. The number of rotatable bonds is 10. The number of aromatic hydroxyl groups is 3. The van der Waals surface area contributed by atoms with Gasteiger partial charge < -0.3 is 30.5 Å². The second-order valence-electron chi connectivity index (χ2n) is 6.91. The first-order valence-corrected chi connectivity index (χ1v) is 9.70. The Morgan fingerprint density at radius 1 is 1.00 bits per heavy atom. The second-order valence-corrected chi connectivity index (χ2v) is 6.91. The Balaban J connectivity index is 2.16. The lowest BCUT2D eigenvalue weighted by molar-refractivity contribution is -0.147. The minimum absolute atomic E-state index is 0.0900. The van der Waals surface area contributed by atoms with E-state index in [1.54, 1.807) is 19.1 Å². The van der Waals surface area contributed by atoms with Crippen molar-refractivity contribution < 1.29 is 34.8 Å². The van der Waals surface area contributed by atoms with Gasteiger partial charge in [0.05, 0.1) is 6.61 Å². The zero-order valence-electron chi connectivity index (χ0n) is 16.7. The molecule has 1 unspecified atom stereocenters. The Labute approximate surface area is 174 Å². The number of amides is 1. The predicted octanol–water partition coefficient (Wildman–Crippen LogP) is 1.64. The summed E-state index contributed by atoms with van der Waals surface area (Å²) in [6, 6.07) is 9.40. The molecule has 1 amide bonds. The summed E-state index contributed by atoms with van der Waals surface area (Å²) in [4.78, 5) is 25.3. The Morgan fingerprint density at radius 3 is 2.27 bits per heavy atom. The van der Waals surface area contributed by atoms with Crippen LogP contribution in [0.25, 0.3) is 0 Å². The van der Waals surface area contributed by atoms with Crippen LogP contribution in [0.3, 0.4) is 0 Å². The average Bonchev–Trinajstić information content (AvgIpc) is 2.70. The van der Waals surface area contributed by atoms with Crippen LogP contribution in [0.2, 0.25) is 0 Å². The molecule has 0 radical (unpaired) electrons. The van der Waals surface area contributed by atoms with Crippen LogP contribution < -0.4 is 5.32 Å². The number of phenols is 3. The molecule has 0 aliphatic heterocycles. The van der Waals surface area contributed by atoms with Gasteiger partial charge in [-0.3, -0.25) is 4.79 Å². The molecule has 0 aliphatic rings. The van der Waals surface area contributed by atoms with Gasteiger partial charge in [0, 0.05) is 25.0 Å². The highest BCUT2D eigenvalue weighted by Gasteiger charge is 2.27. The van der Waals surface area contributed by atoms with Crippen molar-refractivity contribution in [1.29, 1.82) is 0 Å². The topological polar surface area (TPSA) is 136 Å². The summed E-state index contributed by atoms with van der Waals surface area (Å²) in [6.45, 7) is 1.57. The van der Waals surface area contributed by atoms with Crippen LogP contribution >= 0.6 is 0 Å². The van der Waals surface area contributed by atoms with Crippen LogP contribution in [0.15, 0.2) is 42.5 Å². The van der Waals surface area contributed by atoms with Crippen LogP contribution in [-0.4, -0.2) is 51.6 Å². The highest BCUT2D eigenvalue weighted by molar-refractivity contribution is 5.86. The van der Waals surface area contributed by atoms with E-state index >= 15 is 0 Å². The van der Waals surface area contributed by atoms with E-state index in [1.165, 1.54) is 30.3 Å². The van der Waals surface area contributed by atoms with Gasteiger partial charge in [-0.2, -0.15) is 0 Å². The number of hydrogen-bond acceptors (Lipinski definition) is 7. The molecule has 0 bridgehead atoms. The molecule has 0 fully saturated rings. The zero-order valence-corrected chi connectivity index (χ0v) is 16.7. The third kappa shape index (κ3) is 6.66. The molecule has 0 aromatic heterocycles. The molecular weight excluding hydrogens is 390 g/mol. The fraction of sp³-hybridized carbons (Fsp3) is 0.364. The van der Waals surface area contributed by atoms with E-state index in [4.69, 9.17) is 4.74 Å². The van der Waals surface area contributed by atoms with Gasteiger partial charge in [0.1, 0.15) is 23.3 Å². The first kappa shape index (κ1) is 23.0. The van der Waals surface area contributed by atoms with E-state index in [2.05, 4.69) is 5.32 Å². The maximum absolute atomic E-state index is 12.9. The molecule has 0 saturated heterocycles. The molecule has 2 atom stereocenters. The van der Waals surface area contributed by atoms with Crippen LogP contribution in [0.1, 0.15) is 24.5 Å². The molecule has 30 heavy (non-hydrogen) atoms. The summed E-state index contributed by atoms with van der Waals surface area (Å²) in [5.41, 5.74) is 1.16. The standard InChI is InChI=1S/C22H27NO7/c1-2-30-22(29)19(11-14-3-6-17(25)7-4-14)23-21(28)16(9-10-24)12-15-5-8-18(26)13-20(15)27/h3-8,13,16,19,24-27H,2,9-12H2,1H3,(H,23,28)/t16?,19-/m0/s1. The molecule has 2 aromatic rings. The van der Waals surface area contributed by atoms with Crippen molar-refractivity contribution >= 4 is 11.9 Å². The van der Waals surface area contributed by atoms with Gasteiger partial charge in [-0.25, -0.2) is 4.79 Å². The fourth-order valence-corrected chi connectivity index (χ4v) is 3.07. The molecule has 2 aromatic carbocycles. The smallest absolute Gasteiger partial charge is 0.328 e. The number of hydrogen-bond donors (Lipinski definition) is 5. The number of carbonyl (C=O) groups excluding carboxylic acids is 2. The molecule has 5 N–H and O–H groups in total. The van der Waals surface area contributed by atoms with Crippen molar-refractivity contribution in [1.82, 2.24) is 5.32 Å². The number of aliphatic hydroxyl groups is 1. The van der Waals surface area contributed by atoms with Crippen molar-refractivity contribution in [3.8, 4) is 17.2 Å². The predicted molar refractivity (Wildman–Crippen MR) is 109 cm³/mol. The number of carbonyl (C=O) groups is 2. The summed E-state index contributed by atoms with van der Waals surface area (Å²) in [5.74, 6) is -1.93. The van der Waals surface area contributed by atoms with Crippen molar-refractivity contribution in [2.45, 2.75) is 32.2 Å². The summed E-state index contributed by atoms with van der Waals surface area (Å²) in [6.07, 6.45) is 0.412. The monoisotopic (exact) mass is 417 g/mol. The van der Waals surface area contributed by atoms with Gasteiger partial charge in [0.25, 0.3) is 0 Å². The third-order valence-corrected chi connectivity index (χ3v) is 4.65. The van der Waals surface area contributed by atoms with E-state index in [-0.39, 0.29) is 49.7 Å². The number of phenolic OH excluding ortho intramolecular Hbond substituents is 3. The highest BCUT2D eigenvalue weighted by atomic mass is 16.5. The Kier molecular flexibility index (Phi) is 8.49. The molecule has 8 heteroatoms. The van der Waals surface area contributed by atoms with Crippen LogP contribution in [-0.2, 0) is 27.2 Å².